The topological polar surface area (TPSA) is 72.8 Å². The summed E-state index contributed by atoms with van der Waals surface area (Å²) >= 11 is 0. The maximum Gasteiger partial charge on any atom is 0.342 e. The van der Waals surface area contributed by atoms with E-state index in [1.165, 1.54) is 25.3 Å². The van der Waals surface area contributed by atoms with Crippen LogP contribution in [0.4, 0.5) is 0 Å². The summed E-state index contributed by atoms with van der Waals surface area (Å²) in [5.41, 5.74) is -0.600. The monoisotopic (exact) mass is 266 g/mol. The number of benzene rings is 1. The molecule has 1 N–H and O–H groups in total. The first-order valence-electron chi connectivity index (χ1n) is 5.83. The predicted octanol–water partition coefficient (Wildman–Crippen LogP) is 2.17. The zero-order valence-corrected chi connectivity index (χ0v) is 11.5. The Morgan fingerprint density at radius 1 is 1.26 bits per heavy atom. The van der Waals surface area contributed by atoms with Crippen LogP contribution < -0.4 is 4.74 Å². The Labute approximate surface area is 112 Å². The van der Waals surface area contributed by atoms with Gasteiger partial charge in [0.15, 0.2) is 12.4 Å². The second-order valence-electron chi connectivity index (χ2n) is 5.13. The first kappa shape index (κ1) is 15.0. The van der Waals surface area contributed by atoms with Gasteiger partial charge in [-0.1, -0.05) is 20.8 Å². The lowest BCUT2D eigenvalue weighted by Gasteiger charge is -2.16. The smallest absolute Gasteiger partial charge is 0.342 e. The summed E-state index contributed by atoms with van der Waals surface area (Å²) in [6.07, 6.45) is 0. The number of hydrogen-bond donors (Lipinski definition) is 1. The van der Waals surface area contributed by atoms with E-state index < -0.39 is 11.4 Å². The lowest BCUT2D eigenvalue weighted by atomic mass is 9.91. The van der Waals surface area contributed by atoms with Crippen molar-refractivity contribution >= 4 is 11.8 Å². The molecule has 0 unspecified atom stereocenters. The minimum atomic E-state index is -0.756. The molecule has 0 heterocycles. The molecule has 0 saturated heterocycles. The molecule has 1 aromatic rings. The number of aromatic hydroxyl groups is 1. The van der Waals surface area contributed by atoms with Gasteiger partial charge in [0.1, 0.15) is 17.1 Å². The van der Waals surface area contributed by atoms with E-state index in [1.807, 2.05) is 0 Å². The molecule has 0 saturated carbocycles. The van der Waals surface area contributed by atoms with E-state index >= 15 is 0 Å². The Morgan fingerprint density at radius 3 is 2.42 bits per heavy atom. The molecule has 0 radical (unpaired) electrons. The van der Waals surface area contributed by atoms with Gasteiger partial charge in [0.05, 0.1) is 7.11 Å². The third kappa shape index (κ3) is 3.98. The number of methoxy groups -OCH3 is 1. The van der Waals surface area contributed by atoms with Gasteiger partial charge in [-0.15, -0.1) is 0 Å². The fraction of sp³-hybridized carbons (Fsp3) is 0.429. The van der Waals surface area contributed by atoms with Crippen LogP contribution in [-0.4, -0.2) is 30.6 Å². The highest BCUT2D eigenvalue weighted by atomic mass is 16.5. The second-order valence-corrected chi connectivity index (χ2v) is 5.13. The van der Waals surface area contributed by atoms with Crippen molar-refractivity contribution in [3.63, 3.8) is 0 Å². The van der Waals surface area contributed by atoms with E-state index in [0.717, 1.165) is 0 Å². The highest BCUT2D eigenvalue weighted by Gasteiger charge is 2.23. The number of carbonyl (C=O) groups excluding carboxylic acids is 2. The average molecular weight is 266 g/mol. The second kappa shape index (κ2) is 5.73. The number of Topliss-reactive ketones (excluding diaryl/α,β-unsaturated/α-hetero) is 1. The van der Waals surface area contributed by atoms with Gasteiger partial charge < -0.3 is 14.6 Å². The largest absolute Gasteiger partial charge is 0.507 e. The standard InChI is InChI=1S/C14H18O5/c1-14(2,3)12(16)8-19-13(17)10-7-9(18-4)5-6-11(10)15/h5-7,15H,8H2,1-4H3. The van der Waals surface area contributed by atoms with Gasteiger partial charge in [0, 0.05) is 5.41 Å². The van der Waals surface area contributed by atoms with Crippen molar-refractivity contribution in [1.82, 2.24) is 0 Å². The minimum absolute atomic E-state index is 0.0268. The molecule has 0 aliphatic heterocycles. The van der Waals surface area contributed by atoms with Crippen LogP contribution in [0.15, 0.2) is 18.2 Å². The Kier molecular flexibility index (Phi) is 4.53. The Bertz CT molecular complexity index is 485. The first-order valence-corrected chi connectivity index (χ1v) is 5.83. The van der Waals surface area contributed by atoms with Crippen LogP contribution in [0.5, 0.6) is 11.5 Å². The number of ketones is 1. The van der Waals surface area contributed by atoms with Crippen LogP contribution >= 0.6 is 0 Å². The molecule has 1 rings (SSSR count). The van der Waals surface area contributed by atoms with Gasteiger partial charge >= 0.3 is 5.97 Å². The molecule has 0 spiro atoms. The van der Waals surface area contributed by atoms with Gasteiger partial charge in [-0.2, -0.15) is 0 Å². The number of phenolic OH excluding ortho intramolecular Hbond substituents is 1. The molecule has 0 amide bonds. The van der Waals surface area contributed by atoms with Crippen molar-refractivity contribution < 1.29 is 24.2 Å². The minimum Gasteiger partial charge on any atom is -0.507 e. The number of hydrogen-bond acceptors (Lipinski definition) is 5. The first-order chi connectivity index (χ1) is 8.75. The highest BCUT2D eigenvalue weighted by Crippen LogP contribution is 2.24. The number of carbonyl (C=O) groups is 2. The number of ether oxygens (including phenoxy) is 2. The molecule has 0 bridgehead atoms. The van der Waals surface area contributed by atoms with E-state index in [1.54, 1.807) is 20.8 Å². The lowest BCUT2D eigenvalue weighted by Crippen LogP contribution is -2.26. The summed E-state index contributed by atoms with van der Waals surface area (Å²) < 4.78 is 9.85. The zero-order valence-electron chi connectivity index (χ0n) is 11.5. The van der Waals surface area contributed by atoms with Crippen LogP contribution in [0.25, 0.3) is 0 Å². The fourth-order valence-corrected chi connectivity index (χ4v) is 1.23. The highest BCUT2D eigenvalue weighted by molar-refractivity contribution is 5.95. The molecule has 0 fully saturated rings. The summed E-state index contributed by atoms with van der Waals surface area (Å²) in [6.45, 7) is 4.91. The van der Waals surface area contributed by atoms with E-state index in [-0.39, 0.29) is 23.7 Å². The number of esters is 1. The molecule has 0 atom stereocenters. The number of phenols is 1. The predicted molar refractivity (Wildman–Crippen MR) is 69.4 cm³/mol. The molecule has 5 heteroatoms. The molecule has 19 heavy (non-hydrogen) atoms. The van der Waals surface area contributed by atoms with E-state index in [0.29, 0.717) is 5.75 Å². The zero-order chi connectivity index (χ0) is 14.6. The van der Waals surface area contributed by atoms with Gasteiger partial charge in [-0.05, 0) is 18.2 Å². The van der Waals surface area contributed by atoms with Gasteiger partial charge in [-0.3, -0.25) is 4.79 Å². The number of rotatable bonds is 4. The van der Waals surface area contributed by atoms with Gasteiger partial charge in [-0.25, -0.2) is 4.79 Å². The summed E-state index contributed by atoms with van der Waals surface area (Å²) in [6, 6.07) is 4.21. The Morgan fingerprint density at radius 2 is 1.89 bits per heavy atom. The van der Waals surface area contributed by atoms with Crippen molar-refractivity contribution in [2.75, 3.05) is 13.7 Å². The maximum absolute atomic E-state index is 11.8. The molecule has 104 valence electrons. The molecule has 5 nitrogen and oxygen atoms in total. The summed E-state index contributed by atoms with van der Waals surface area (Å²) in [4.78, 5) is 23.4. The summed E-state index contributed by atoms with van der Waals surface area (Å²) in [5.74, 6) is -0.738. The maximum atomic E-state index is 11.8. The van der Waals surface area contributed by atoms with E-state index in [4.69, 9.17) is 9.47 Å². The van der Waals surface area contributed by atoms with Crippen LogP contribution in [-0.2, 0) is 9.53 Å². The van der Waals surface area contributed by atoms with Crippen LogP contribution in [0.1, 0.15) is 31.1 Å². The third-order valence-electron chi connectivity index (χ3n) is 2.59. The molecule has 1 aromatic carbocycles. The van der Waals surface area contributed by atoms with Crippen LogP contribution in [0.3, 0.4) is 0 Å². The third-order valence-corrected chi connectivity index (χ3v) is 2.59. The van der Waals surface area contributed by atoms with Gasteiger partial charge in [0.2, 0.25) is 0 Å². The quantitative estimate of drug-likeness (QED) is 0.845. The van der Waals surface area contributed by atoms with Crippen LogP contribution in [0, 0.1) is 5.41 Å². The van der Waals surface area contributed by atoms with Crippen molar-refractivity contribution in [3.8, 4) is 11.5 Å². The SMILES string of the molecule is COc1ccc(O)c(C(=O)OCC(=O)C(C)(C)C)c1. The summed E-state index contributed by atoms with van der Waals surface area (Å²) in [7, 11) is 1.45. The summed E-state index contributed by atoms with van der Waals surface area (Å²) in [5, 5.41) is 9.58. The molecule has 0 aromatic heterocycles. The van der Waals surface area contributed by atoms with Crippen LogP contribution in [0.2, 0.25) is 0 Å². The molecular weight excluding hydrogens is 248 g/mol. The van der Waals surface area contributed by atoms with E-state index in [2.05, 4.69) is 0 Å². The van der Waals surface area contributed by atoms with Gasteiger partial charge in [0.25, 0.3) is 0 Å². The van der Waals surface area contributed by atoms with Crippen molar-refractivity contribution in [2.45, 2.75) is 20.8 Å². The van der Waals surface area contributed by atoms with Crippen molar-refractivity contribution in [3.05, 3.63) is 23.8 Å². The normalized spacial score (nSPS) is 10.9. The fourth-order valence-electron chi connectivity index (χ4n) is 1.23. The average Bonchev–Trinajstić information content (AvgIpc) is 2.34. The molecular formula is C14H18O5. The van der Waals surface area contributed by atoms with Crippen molar-refractivity contribution in [1.29, 1.82) is 0 Å². The Hall–Kier alpha value is -2.04. The Balaban J connectivity index is 2.76. The van der Waals surface area contributed by atoms with Crippen molar-refractivity contribution in [2.24, 2.45) is 5.41 Å². The molecule has 0 aliphatic carbocycles. The lowest BCUT2D eigenvalue weighted by molar-refractivity contribution is -0.129. The molecule has 0 aliphatic rings. The van der Waals surface area contributed by atoms with E-state index in [9.17, 15) is 14.7 Å².